The zero-order valence-corrected chi connectivity index (χ0v) is 25.9. The SMILES string of the molecule is O=C(/C=C/CBr)N[C@@H]1CCCN(Cc2ccnc(C(=O)Nc3ccc(-c4cc5c(N6CCOCC6)ncnc5[nH]4)cc3)c2)C1. The van der Waals surface area contributed by atoms with Crippen LogP contribution in [0.25, 0.3) is 22.3 Å². The summed E-state index contributed by atoms with van der Waals surface area (Å²) in [6.45, 7) is 5.36. The van der Waals surface area contributed by atoms with E-state index in [0.29, 0.717) is 36.5 Å². The lowest BCUT2D eigenvalue weighted by atomic mass is 10.0. The number of likely N-dealkylation sites (tertiary alicyclic amines) is 1. The van der Waals surface area contributed by atoms with Gasteiger partial charge >= 0.3 is 0 Å². The van der Waals surface area contributed by atoms with E-state index in [1.54, 1.807) is 24.7 Å². The minimum atomic E-state index is -0.266. The van der Waals surface area contributed by atoms with E-state index >= 15 is 0 Å². The molecule has 0 aliphatic carbocycles. The molecule has 228 valence electrons. The van der Waals surface area contributed by atoms with Crippen molar-refractivity contribution >= 4 is 50.3 Å². The summed E-state index contributed by atoms with van der Waals surface area (Å²) in [4.78, 5) is 46.4. The molecule has 0 radical (unpaired) electrons. The summed E-state index contributed by atoms with van der Waals surface area (Å²) in [5.41, 5.74) is 4.73. The van der Waals surface area contributed by atoms with Gasteiger partial charge in [0.05, 0.1) is 18.6 Å². The van der Waals surface area contributed by atoms with Gasteiger partial charge in [-0.1, -0.05) is 34.1 Å². The molecule has 0 spiro atoms. The molecule has 0 saturated carbocycles. The summed E-state index contributed by atoms with van der Waals surface area (Å²) in [7, 11) is 0. The fourth-order valence-corrected chi connectivity index (χ4v) is 5.90. The Morgan fingerprint density at radius 2 is 1.91 bits per heavy atom. The maximum Gasteiger partial charge on any atom is 0.274 e. The Kier molecular flexibility index (Phi) is 9.59. The maximum atomic E-state index is 13.1. The second-order valence-corrected chi connectivity index (χ2v) is 11.6. The van der Waals surface area contributed by atoms with Crippen molar-refractivity contribution < 1.29 is 14.3 Å². The molecule has 12 heteroatoms. The van der Waals surface area contributed by atoms with Crippen molar-refractivity contribution in [2.24, 2.45) is 0 Å². The number of nitrogens with zero attached hydrogens (tertiary/aromatic N) is 5. The fraction of sp³-hybridized carbons (Fsp3) is 0.344. The van der Waals surface area contributed by atoms with Gasteiger partial charge in [-0.2, -0.15) is 0 Å². The Morgan fingerprint density at radius 1 is 1.07 bits per heavy atom. The molecule has 0 bridgehead atoms. The fourth-order valence-electron chi connectivity index (χ4n) is 5.71. The molecule has 2 saturated heterocycles. The van der Waals surface area contributed by atoms with E-state index in [0.717, 1.165) is 72.7 Å². The highest BCUT2D eigenvalue weighted by Gasteiger charge is 2.22. The summed E-state index contributed by atoms with van der Waals surface area (Å²) >= 11 is 3.30. The zero-order valence-electron chi connectivity index (χ0n) is 24.3. The molecular weight excluding hydrogens is 624 g/mol. The number of hydrogen-bond acceptors (Lipinski definition) is 8. The van der Waals surface area contributed by atoms with Crippen LogP contribution in [0.3, 0.4) is 0 Å². The standard InChI is InChI=1S/C32H35BrN8O3/c33-10-1-4-29(42)37-25-3-2-12-40(20-25)19-22-9-11-34-28(17-22)32(43)38-24-7-5-23(6-8-24)27-18-26-30(39-27)35-21-36-31(26)41-13-15-44-16-14-41/h1,4-9,11,17-18,21,25H,2-3,10,12-16,19-20H2,(H,37,42)(H,38,43)(H,35,36,39)/b4-1+/t25-/m1/s1. The van der Waals surface area contributed by atoms with Gasteiger partial charge in [-0.3, -0.25) is 19.5 Å². The number of H-pyrrole nitrogens is 1. The van der Waals surface area contributed by atoms with E-state index < -0.39 is 0 Å². The Labute approximate surface area is 264 Å². The second-order valence-electron chi connectivity index (χ2n) is 11.0. The lowest BCUT2D eigenvalue weighted by molar-refractivity contribution is -0.117. The molecule has 44 heavy (non-hydrogen) atoms. The van der Waals surface area contributed by atoms with Crippen LogP contribution in [0, 0.1) is 0 Å². The molecule has 0 unspecified atom stereocenters. The van der Waals surface area contributed by atoms with E-state index in [9.17, 15) is 9.59 Å². The normalized spacial score (nSPS) is 17.7. The van der Waals surface area contributed by atoms with Gasteiger partial charge in [-0.05, 0) is 66.9 Å². The van der Waals surface area contributed by atoms with Gasteiger partial charge in [-0.25, -0.2) is 9.97 Å². The number of hydrogen-bond donors (Lipinski definition) is 3. The molecular formula is C32H35BrN8O3. The van der Waals surface area contributed by atoms with Crippen LogP contribution < -0.4 is 15.5 Å². The number of pyridine rings is 1. The first-order chi connectivity index (χ1) is 21.6. The predicted molar refractivity (Wildman–Crippen MR) is 174 cm³/mol. The molecule has 4 aromatic rings. The van der Waals surface area contributed by atoms with Crippen molar-refractivity contribution in [3.05, 3.63) is 78.4 Å². The highest BCUT2D eigenvalue weighted by molar-refractivity contribution is 9.09. The number of piperidine rings is 1. The number of anilines is 2. The van der Waals surface area contributed by atoms with Gasteiger partial charge in [-0.15, -0.1) is 0 Å². The number of alkyl halides is 1. The van der Waals surface area contributed by atoms with Gasteiger partial charge in [0.1, 0.15) is 23.5 Å². The third-order valence-corrected chi connectivity index (χ3v) is 8.22. The summed E-state index contributed by atoms with van der Waals surface area (Å²) in [6, 6.07) is 13.6. The first-order valence-corrected chi connectivity index (χ1v) is 16.0. The summed E-state index contributed by atoms with van der Waals surface area (Å²) in [5.74, 6) is 0.573. The summed E-state index contributed by atoms with van der Waals surface area (Å²) in [6.07, 6.45) is 8.57. The molecule has 3 aromatic heterocycles. The lowest BCUT2D eigenvalue weighted by Crippen LogP contribution is -2.47. The Morgan fingerprint density at radius 3 is 2.73 bits per heavy atom. The number of carbonyl (C=O) groups excluding carboxylic acids is 2. The molecule has 1 aromatic carbocycles. The number of rotatable bonds is 9. The van der Waals surface area contributed by atoms with Gasteiger partial charge in [0.15, 0.2) is 0 Å². The van der Waals surface area contributed by atoms with Gasteiger partial charge in [0.25, 0.3) is 5.91 Å². The maximum absolute atomic E-state index is 13.1. The highest BCUT2D eigenvalue weighted by Crippen LogP contribution is 2.29. The quantitative estimate of drug-likeness (QED) is 0.181. The first kappa shape index (κ1) is 29.9. The third-order valence-electron chi connectivity index (χ3n) is 7.84. The molecule has 2 aliphatic rings. The molecule has 3 N–H and O–H groups in total. The number of morpholine rings is 1. The average molecular weight is 660 g/mol. The predicted octanol–water partition coefficient (Wildman–Crippen LogP) is 4.14. The van der Waals surface area contributed by atoms with E-state index in [-0.39, 0.29) is 17.9 Å². The number of halogens is 1. The minimum absolute atomic E-state index is 0.0688. The lowest BCUT2D eigenvalue weighted by Gasteiger charge is -2.33. The molecule has 2 aliphatic heterocycles. The van der Waals surface area contributed by atoms with Gasteiger partial charge in [0, 0.05) is 55.1 Å². The number of aromatic amines is 1. The topological polar surface area (TPSA) is 128 Å². The van der Waals surface area contributed by atoms with Crippen LogP contribution in [0.4, 0.5) is 11.5 Å². The van der Waals surface area contributed by atoms with Crippen molar-refractivity contribution in [1.82, 2.24) is 30.2 Å². The number of ether oxygens (including phenoxy) is 1. The van der Waals surface area contributed by atoms with Crippen molar-refractivity contribution in [1.29, 1.82) is 0 Å². The number of allylic oxidation sites excluding steroid dienone is 1. The van der Waals surface area contributed by atoms with E-state index in [4.69, 9.17) is 4.74 Å². The number of aromatic nitrogens is 4. The van der Waals surface area contributed by atoms with Crippen LogP contribution in [-0.4, -0.2) is 87.4 Å². The van der Waals surface area contributed by atoms with Crippen LogP contribution in [0.5, 0.6) is 0 Å². The average Bonchev–Trinajstić information content (AvgIpc) is 3.50. The van der Waals surface area contributed by atoms with Crippen molar-refractivity contribution in [3.63, 3.8) is 0 Å². The second kappa shape index (κ2) is 14.1. The number of amides is 2. The van der Waals surface area contributed by atoms with Crippen LogP contribution in [-0.2, 0) is 16.1 Å². The number of benzene rings is 1. The van der Waals surface area contributed by atoms with Crippen LogP contribution in [0.1, 0.15) is 28.9 Å². The summed E-state index contributed by atoms with van der Waals surface area (Å²) < 4.78 is 5.49. The molecule has 11 nitrogen and oxygen atoms in total. The Hall–Kier alpha value is -4.13. The van der Waals surface area contributed by atoms with Crippen molar-refractivity contribution in [3.8, 4) is 11.3 Å². The number of carbonyl (C=O) groups is 2. The largest absolute Gasteiger partial charge is 0.378 e. The van der Waals surface area contributed by atoms with Crippen molar-refractivity contribution in [2.75, 3.05) is 54.9 Å². The number of nitrogens with one attached hydrogen (secondary N) is 3. The molecule has 5 heterocycles. The van der Waals surface area contributed by atoms with E-state index in [2.05, 4.69) is 62.4 Å². The third kappa shape index (κ3) is 7.32. The molecule has 2 fully saturated rings. The van der Waals surface area contributed by atoms with Crippen LogP contribution in [0.2, 0.25) is 0 Å². The monoisotopic (exact) mass is 658 g/mol. The number of fused-ring (bicyclic) bond motifs is 1. The smallest absolute Gasteiger partial charge is 0.274 e. The minimum Gasteiger partial charge on any atom is -0.378 e. The Bertz CT molecular complexity index is 1630. The molecule has 2 amide bonds. The highest BCUT2D eigenvalue weighted by atomic mass is 79.9. The van der Waals surface area contributed by atoms with Crippen molar-refractivity contribution in [2.45, 2.75) is 25.4 Å². The van der Waals surface area contributed by atoms with E-state index in [1.807, 2.05) is 36.4 Å². The molecule has 6 rings (SSSR count). The Balaban J connectivity index is 1.07. The van der Waals surface area contributed by atoms with Crippen LogP contribution >= 0.6 is 15.9 Å². The summed E-state index contributed by atoms with van der Waals surface area (Å²) in [5, 5.41) is 7.68. The van der Waals surface area contributed by atoms with Crippen LogP contribution in [0.15, 0.2) is 67.1 Å². The first-order valence-electron chi connectivity index (χ1n) is 14.8. The van der Waals surface area contributed by atoms with Gasteiger partial charge < -0.3 is 25.3 Å². The van der Waals surface area contributed by atoms with E-state index in [1.165, 1.54) is 0 Å². The zero-order chi connectivity index (χ0) is 30.3. The van der Waals surface area contributed by atoms with Gasteiger partial charge in [0.2, 0.25) is 5.91 Å². The molecule has 1 atom stereocenters.